The number of likely N-dealkylation sites (tertiary alicyclic amines) is 1. The molecule has 0 spiro atoms. The maximum atomic E-state index is 13.2. The van der Waals surface area contributed by atoms with Gasteiger partial charge in [0, 0.05) is 26.7 Å². The molecule has 1 N–H and O–H groups in total. The molecule has 1 atom stereocenters. The number of methoxy groups -OCH3 is 1. The quantitative estimate of drug-likeness (QED) is 0.898. The van der Waals surface area contributed by atoms with Crippen LogP contribution >= 0.6 is 0 Å². The molecule has 1 fully saturated rings. The smallest absolute Gasteiger partial charge is 0.248 e. The van der Waals surface area contributed by atoms with Crippen LogP contribution in [0.25, 0.3) is 0 Å². The predicted octanol–water partition coefficient (Wildman–Crippen LogP) is 1.72. The second-order valence-corrected chi connectivity index (χ2v) is 6.23. The molecule has 1 aliphatic rings. The Kier molecular flexibility index (Phi) is 5.71. The Morgan fingerprint density at radius 2 is 2.22 bits per heavy atom. The highest BCUT2D eigenvalue weighted by atomic mass is 19.1. The molecule has 23 heavy (non-hydrogen) atoms. The molecule has 0 saturated carbocycles. The maximum absolute atomic E-state index is 13.2. The molecule has 2 rings (SSSR count). The number of carbonyl (C=O) groups is 2. The number of hydrogen-bond donors (Lipinski definition) is 1. The molecule has 0 bridgehead atoms. The molecule has 2 amide bonds. The van der Waals surface area contributed by atoms with E-state index in [2.05, 4.69) is 5.32 Å². The minimum atomic E-state index is -0.630. The van der Waals surface area contributed by atoms with Crippen LogP contribution in [0.5, 0.6) is 0 Å². The molecule has 0 radical (unpaired) electrons. The molecular formula is C17H23FN2O3. The van der Waals surface area contributed by atoms with Gasteiger partial charge in [0.25, 0.3) is 0 Å². The lowest BCUT2D eigenvalue weighted by Crippen LogP contribution is -2.52. The number of carbonyl (C=O) groups excluding carboxylic acids is 2. The van der Waals surface area contributed by atoms with Gasteiger partial charge in [-0.15, -0.1) is 0 Å². The molecule has 1 aromatic carbocycles. The minimum absolute atomic E-state index is 0.0288. The van der Waals surface area contributed by atoms with Crippen LogP contribution in [-0.4, -0.2) is 43.5 Å². The highest BCUT2D eigenvalue weighted by Crippen LogP contribution is 2.30. The van der Waals surface area contributed by atoms with Crippen LogP contribution in [0, 0.1) is 11.2 Å². The molecule has 0 aliphatic carbocycles. The summed E-state index contributed by atoms with van der Waals surface area (Å²) in [4.78, 5) is 26.2. The molecule has 1 aliphatic heterocycles. The zero-order valence-electron chi connectivity index (χ0n) is 13.6. The van der Waals surface area contributed by atoms with Crippen LogP contribution in [0.2, 0.25) is 0 Å². The van der Waals surface area contributed by atoms with Crippen molar-refractivity contribution in [1.29, 1.82) is 0 Å². The van der Waals surface area contributed by atoms with E-state index in [4.69, 9.17) is 4.74 Å². The van der Waals surface area contributed by atoms with E-state index < -0.39 is 5.41 Å². The number of ether oxygens (including phenoxy) is 1. The van der Waals surface area contributed by atoms with Crippen LogP contribution in [0.3, 0.4) is 0 Å². The van der Waals surface area contributed by atoms with Gasteiger partial charge in [0.1, 0.15) is 12.4 Å². The lowest BCUT2D eigenvalue weighted by molar-refractivity contribution is -0.143. The standard InChI is InChI=1S/C17H23FN2O3/c1-17(7-4-8-20(12-17)15(21)11-23-2)16(22)19-10-13-5-3-6-14(18)9-13/h3,5-6,9H,4,7-8,10-12H2,1-2H3,(H,19,22). The normalized spacial score (nSPS) is 21.1. The van der Waals surface area contributed by atoms with Crippen molar-refractivity contribution in [2.75, 3.05) is 26.8 Å². The SMILES string of the molecule is COCC(=O)N1CCCC(C)(C(=O)NCc2cccc(F)c2)C1. The number of amides is 2. The molecule has 5 nitrogen and oxygen atoms in total. The van der Waals surface area contributed by atoms with Crippen LogP contribution in [0.4, 0.5) is 4.39 Å². The van der Waals surface area contributed by atoms with Crippen molar-refractivity contribution in [2.45, 2.75) is 26.3 Å². The third-order valence-electron chi connectivity index (χ3n) is 4.21. The lowest BCUT2D eigenvalue weighted by Gasteiger charge is -2.39. The minimum Gasteiger partial charge on any atom is -0.375 e. The second kappa shape index (κ2) is 7.55. The van der Waals surface area contributed by atoms with Crippen molar-refractivity contribution < 1.29 is 18.7 Å². The lowest BCUT2D eigenvalue weighted by atomic mass is 9.81. The highest BCUT2D eigenvalue weighted by molar-refractivity contribution is 5.84. The van der Waals surface area contributed by atoms with Gasteiger partial charge in [-0.1, -0.05) is 12.1 Å². The number of nitrogens with one attached hydrogen (secondary N) is 1. The molecule has 0 aromatic heterocycles. The molecule has 6 heteroatoms. The van der Waals surface area contributed by atoms with E-state index in [9.17, 15) is 14.0 Å². The van der Waals surface area contributed by atoms with Gasteiger partial charge in [0.15, 0.2) is 0 Å². The van der Waals surface area contributed by atoms with Crippen LogP contribution in [0.1, 0.15) is 25.3 Å². The summed E-state index contributed by atoms with van der Waals surface area (Å²) in [6, 6.07) is 6.15. The monoisotopic (exact) mass is 322 g/mol. The van der Waals surface area contributed by atoms with Gasteiger partial charge in [-0.05, 0) is 37.5 Å². The molecule has 126 valence electrons. The molecular weight excluding hydrogens is 299 g/mol. The van der Waals surface area contributed by atoms with Gasteiger partial charge in [-0.25, -0.2) is 4.39 Å². The first-order valence-corrected chi connectivity index (χ1v) is 7.74. The van der Waals surface area contributed by atoms with E-state index in [0.717, 1.165) is 12.8 Å². The highest BCUT2D eigenvalue weighted by Gasteiger charge is 2.39. The number of piperidine rings is 1. The Hall–Kier alpha value is -1.95. The van der Waals surface area contributed by atoms with Gasteiger partial charge in [-0.2, -0.15) is 0 Å². The summed E-state index contributed by atoms with van der Waals surface area (Å²) in [5.41, 5.74) is 0.0830. The van der Waals surface area contributed by atoms with Crippen molar-refractivity contribution in [2.24, 2.45) is 5.41 Å². The molecule has 1 unspecified atom stereocenters. The Morgan fingerprint density at radius 1 is 1.43 bits per heavy atom. The third kappa shape index (κ3) is 4.51. The van der Waals surface area contributed by atoms with Gasteiger partial charge in [-0.3, -0.25) is 9.59 Å². The Balaban J connectivity index is 1.95. The summed E-state index contributed by atoms with van der Waals surface area (Å²) >= 11 is 0. The van der Waals surface area contributed by atoms with Crippen LogP contribution in [0.15, 0.2) is 24.3 Å². The van der Waals surface area contributed by atoms with Crippen molar-refractivity contribution in [3.05, 3.63) is 35.6 Å². The van der Waals surface area contributed by atoms with Gasteiger partial charge in [0.2, 0.25) is 11.8 Å². The van der Waals surface area contributed by atoms with E-state index in [0.29, 0.717) is 18.7 Å². The zero-order valence-corrected chi connectivity index (χ0v) is 13.6. The summed E-state index contributed by atoms with van der Waals surface area (Å²) in [6.07, 6.45) is 1.50. The fourth-order valence-corrected chi connectivity index (χ4v) is 2.90. The predicted molar refractivity (Wildman–Crippen MR) is 84.0 cm³/mol. The largest absolute Gasteiger partial charge is 0.375 e. The Bertz CT molecular complexity index is 579. The number of benzene rings is 1. The average molecular weight is 322 g/mol. The average Bonchev–Trinajstić information content (AvgIpc) is 2.53. The van der Waals surface area contributed by atoms with E-state index in [1.807, 2.05) is 6.92 Å². The fraction of sp³-hybridized carbons (Fsp3) is 0.529. The summed E-state index contributed by atoms with van der Waals surface area (Å²) < 4.78 is 18.0. The van der Waals surface area contributed by atoms with Crippen molar-refractivity contribution in [1.82, 2.24) is 10.2 Å². The molecule has 1 aromatic rings. The summed E-state index contributed by atoms with van der Waals surface area (Å²) in [5, 5.41) is 2.85. The Morgan fingerprint density at radius 3 is 2.91 bits per heavy atom. The summed E-state index contributed by atoms with van der Waals surface area (Å²) in [6.45, 7) is 3.19. The first-order valence-electron chi connectivity index (χ1n) is 7.74. The van der Waals surface area contributed by atoms with Crippen molar-refractivity contribution >= 4 is 11.8 Å². The topological polar surface area (TPSA) is 58.6 Å². The van der Waals surface area contributed by atoms with Crippen molar-refractivity contribution in [3.8, 4) is 0 Å². The number of halogens is 1. The van der Waals surface area contributed by atoms with Crippen LogP contribution < -0.4 is 5.32 Å². The zero-order chi connectivity index (χ0) is 16.9. The van der Waals surface area contributed by atoms with E-state index in [1.165, 1.54) is 19.2 Å². The maximum Gasteiger partial charge on any atom is 0.248 e. The fourth-order valence-electron chi connectivity index (χ4n) is 2.90. The van der Waals surface area contributed by atoms with E-state index in [-0.39, 0.29) is 30.8 Å². The summed E-state index contributed by atoms with van der Waals surface area (Å²) in [7, 11) is 1.48. The van der Waals surface area contributed by atoms with E-state index >= 15 is 0 Å². The molecule has 1 heterocycles. The van der Waals surface area contributed by atoms with Gasteiger partial charge < -0.3 is 15.0 Å². The number of nitrogens with zero attached hydrogens (tertiary/aromatic N) is 1. The third-order valence-corrected chi connectivity index (χ3v) is 4.21. The first-order chi connectivity index (χ1) is 10.9. The van der Waals surface area contributed by atoms with Gasteiger partial charge in [0.05, 0.1) is 5.41 Å². The van der Waals surface area contributed by atoms with Gasteiger partial charge >= 0.3 is 0 Å². The number of hydrogen-bond acceptors (Lipinski definition) is 3. The van der Waals surface area contributed by atoms with E-state index in [1.54, 1.807) is 17.0 Å². The first kappa shape index (κ1) is 17.4. The second-order valence-electron chi connectivity index (χ2n) is 6.23. The Labute approximate surface area is 135 Å². The number of rotatable bonds is 5. The molecule has 1 saturated heterocycles. The van der Waals surface area contributed by atoms with Crippen molar-refractivity contribution in [3.63, 3.8) is 0 Å². The van der Waals surface area contributed by atoms with Crippen LogP contribution in [-0.2, 0) is 20.9 Å². The summed E-state index contributed by atoms with van der Waals surface area (Å²) in [5.74, 6) is -0.537.